The van der Waals surface area contributed by atoms with Gasteiger partial charge in [0.25, 0.3) is 0 Å². The number of rotatable bonds is 3. The quantitative estimate of drug-likeness (QED) is 0.590. The average Bonchev–Trinajstić information content (AvgIpc) is 2.61. The van der Waals surface area contributed by atoms with Crippen molar-refractivity contribution in [1.82, 2.24) is 4.90 Å². The molecule has 8 heteroatoms. The molecule has 18 heavy (non-hydrogen) atoms. The lowest BCUT2D eigenvalue weighted by atomic mass is 10.2. The largest absolute Gasteiger partial charge is 0.471 e. The fourth-order valence-electron chi connectivity index (χ4n) is 1.84. The van der Waals surface area contributed by atoms with Gasteiger partial charge in [0, 0.05) is 13.5 Å². The highest BCUT2D eigenvalue weighted by atomic mass is 28.4. The second kappa shape index (κ2) is 4.82. The Kier molecular flexibility index (Phi) is 4.14. The second-order valence-corrected chi connectivity index (χ2v) is 9.67. The summed E-state index contributed by atoms with van der Waals surface area (Å²) in [6.07, 6.45) is -4.09. The fourth-order valence-corrected chi connectivity index (χ4v) is 3.09. The molecule has 0 radical (unpaired) electrons. The van der Waals surface area contributed by atoms with Crippen LogP contribution in [-0.2, 0) is 14.0 Å². The van der Waals surface area contributed by atoms with E-state index < -0.39 is 26.3 Å². The van der Waals surface area contributed by atoms with Gasteiger partial charge in [0.2, 0.25) is 5.91 Å². The van der Waals surface area contributed by atoms with Crippen LogP contribution in [0.3, 0.4) is 0 Å². The van der Waals surface area contributed by atoms with E-state index in [1.807, 2.05) is 19.6 Å². The lowest BCUT2D eigenvalue weighted by Gasteiger charge is -2.41. The van der Waals surface area contributed by atoms with Crippen molar-refractivity contribution in [3.63, 3.8) is 0 Å². The standard InChI is InChI=1S/C10H18F3NO3Si/c1-14(8(15)10(11,12)13)9(6-5-7-16-9)17-18(2,3)4/h5-7H2,1-4H3. The molecule has 0 aromatic carbocycles. The minimum atomic E-state index is -4.92. The molecule has 1 rings (SSSR count). The molecule has 4 nitrogen and oxygen atoms in total. The molecule has 0 aliphatic carbocycles. The van der Waals surface area contributed by atoms with E-state index in [2.05, 4.69) is 0 Å². The van der Waals surface area contributed by atoms with Crippen molar-refractivity contribution in [1.29, 1.82) is 0 Å². The van der Waals surface area contributed by atoms with Crippen molar-refractivity contribution in [3.8, 4) is 0 Å². The molecular weight excluding hydrogens is 267 g/mol. The van der Waals surface area contributed by atoms with E-state index in [4.69, 9.17) is 9.16 Å². The zero-order valence-corrected chi connectivity index (χ0v) is 11.9. The number of nitrogens with zero attached hydrogens (tertiary/aromatic N) is 1. The molecule has 1 fully saturated rings. The first-order valence-electron chi connectivity index (χ1n) is 5.67. The Morgan fingerprint density at radius 3 is 2.28 bits per heavy atom. The number of halogens is 3. The minimum absolute atomic E-state index is 0.260. The summed E-state index contributed by atoms with van der Waals surface area (Å²) in [4.78, 5) is 11.8. The van der Waals surface area contributed by atoms with Gasteiger partial charge in [-0.2, -0.15) is 13.2 Å². The lowest BCUT2D eigenvalue weighted by molar-refractivity contribution is -0.260. The number of carbonyl (C=O) groups excluding carboxylic acids is 1. The molecule has 106 valence electrons. The molecule has 1 heterocycles. The highest BCUT2D eigenvalue weighted by Gasteiger charge is 2.52. The van der Waals surface area contributed by atoms with Crippen LogP contribution in [-0.4, -0.2) is 44.9 Å². The van der Waals surface area contributed by atoms with Crippen LogP contribution >= 0.6 is 0 Å². The van der Waals surface area contributed by atoms with Gasteiger partial charge in [0.15, 0.2) is 8.32 Å². The van der Waals surface area contributed by atoms with Crippen LogP contribution in [0.1, 0.15) is 12.8 Å². The van der Waals surface area contributed by atoms with Crippen molar-refractivity contribution in [2.45, 2.75) is 44.6 Å². The van der Waals surface area contributed by atoms with Crippen LogP contribution in [0.15, 0.2) is 0 Å². The summed E-state index contributed by atoms with van der Waals surface area (Å²) in [5.41, 5.74) is 0. The Morgan fingerprint density at radius 1 is 1.39 bits per heavy atom. The van der Waals surface area contributed by atoms with Gasteiger partial charge >= 0.3 is 12.1 Å². The topological polar surface area (TPSA) is 38.8 Å². The maximum absolute atomic E-state index is 12.5. The smallest absolute Gasteiger partial charge is 0.375 e. The maximum Gasteiger partial charge on any atom is 0.471 e. The van der Waals surface area contributed by atoms with Crippen LogP contribution in [0.4, 0.5) is 13.2 Å². The van der Waals surface area contributed by atoms with E-state index in [9.17, 15) is 18.0 Å². The maximum atomic E-state index is 12.5. The van der Waals surface area contributed by atoms with Gasteiger partial charge in [-0.05, 0) is 26.1 Å². The summed E-state index contributed by atoms with van der Waals surface area (Å²) in [6, 6.07) is 0. The Balaban J connectivity index is 2.95. The first-order chi connectivity index (χ1) is 7.98. The predicted octanol–water partition coefficient (Wildman–Crippen LogP) is 2.32. The molecular formula is C10H18F3NO3Si. The summed E-state index contributed by atoms with van der Waals surface area (Å²) < 4.78 is 48.4. The number of amides is 1. The second-order valence-electron chi connectivity index (χ2n) is 5.24. The third-order valence-corrected chi connectivity index (χ3v) is 3.42. The van der Waals surface area contributed by atoms with Crippen LogP contribution in [0.25, 0.3) is 0 Å². The number of hydrogen-bond donors (Lipinski definition) is 0. The monoisotopic (exact) mass is 285 g/mol. The number of hydrogen-bond acceptors (Lipinski definition) is 3. The molecule has 1 unspecified atom stereocenters. The van der Waals surface area contributed by atoms with Crippen LogP contribution in [0.5, 0.6) is 0 Å². The molecule has 1 atom stereocenters. The molecule has 0 aromatic rings. The summed E-state index contributed by atoms with van der Waals surface area (Å²) in [6.45, 7) is 5.80. The van der Waals surface area contributed by atoms with Gasteiger partial charge in [-0.25, -0.2) is 0 Å². The summed E-state index contributed by atoms with van der Waals surface area (Å²) in [7, 11) is -1.08. The SMILES string of the molecule is CN(C(=O)C(F)(F)F)C1(O[Si](C)(C)C)CCCO1. The number of alkyl halides is 3. The first kappa shape index (κ1) is 15.5. The van der Waals surface area contributed by atoms with Crippen molar-refractivity contribution < 1.29 is 27.1 Å². The minimum Gasteiger partial charge on any atom is -0.375 e. The van der Waals surface area contributed by atoms with Gasteiger partial charge in [0.05, 0.1) is 6.61 Å². The van der Waals surface area contributed by atoms with E-state index >= 15 is 0 Å². The van der Waals surface area contributed by atoms with Crippen molar-refractivity contribution in [2.75, 3.05) is 13.7 Å². The summed E-state index contributed by atoms with van der Waals surface area (Å²) >= 11 is 0. The zero-order valence-electron chi connectivity index (χ0n) is 10.9. The van der Waals surface area contributed by atoms with Gasteiger partial charge < -0.3 is 9.16 Å². The molecule has 0 saturated carbocycles. The normalized spacial score (nSPS) is 25.3. The van der Waals surface area contributed by atoms with E-state index in [1.54, 1.807) is 0 Å². The Labute approximate surface area is 105 Å². The third-order valence-electron chi connectivity index (χ3n) is 2.49. The number of carbonyl (C=O) groups is 1. The van der Waals surface area contributed by atoms with Gasteiger partial charge in [-0.15, -0.1) is 0 Å². The molecule has 0 spiro atoms. The molecule has 0 N–H and O–H groups in total. The Hall–Kier alpha value is -0.603. The highest BCUT2D eigenvalue weighted by Crippen LogP contribution is 2.35. The molecule has 0 aromatic heterocycles. The molecule has 0 bridgehead atoms. The zero-order chi connectivity index (χ0) is 14.2. The van der Waals surface area contributed by atoms with Crippen molar-refractivity contribution in [3.05, 3.63) is 0 Å². The summed E-state index contributed by atoms with van der Waals surface area (Å²) in [5.74, 6) is -3.50. The first-order valence-corrected chi connectivity index (χ1v) is 9.08. The van der Waals surface area contributed by atoms with E-state index in [-0.39, 0.29) is 6.42 Å². The average molecular weight is 285 g/mol. The third kappa shape index (κ3) is 3.45. The van der Waals surface area contributed by atoms with E-state index in [1.165, 1.54) is 0 Å². The van der Waals surface area contributed by atoms with Crippen molar-refractivity contribution in [2.24, 2.45) is 0 Å². The van der Waals surface area contributed by atoms with Crippen LogP contribution < -0.4 is 0 Å². The van der Waals surface area contributed by atoms with Gasteiger partial charge in [-0.1, -0.05) is 0 Å². The van der Waals surface area contributed by atoms with Crippen LogP contribution in [0.2, 0.25) is 19.6 Å². The molecule has 1 amide bonds. The predicted molar refractivity (Wildman–Crippen MR) is 61.2 cm³/mol. The van der Waals surface area contributed by atoms with Gasteiger partial charge in [-0.3, -0.25) is 9.69 Å². The Morgan fingerprint density at radius 2 is 1.94 bits per heavy atom. The molecule has 1 aliphatic rings. The highest BCUT2D eigenvalue weighted by molar-refractivity contribution is 6.69. The van der Waals surface area contributed by atoms with E-state index in [0.29, 0.717) is 17.9 Å². The van der Waals surface area contributed by atoms with E-state index in [0.717, 1.165) is 7.05 Å². The molecule has 1 saturated heterocycles. The Bertz CT molecular complexity index is 321. The lowest BCUT2D eigenvalue weighted by Crippen LogP contribution is -2.58. The number of ether oxygens (including phenoxy) is 1. The van der Waals surface area contributed by atoms with Crippen molar-refractivity contribution >= 4 is 14.2 Å². The fraction of sp³-hybridized carbons (Fsp3) is 0.900. The van der Waals surface area contributed by atoms with Gasteiger partial charge in [0.1, 0.15) is 0 Å². The molecule has 1 aliphatic heterocycles. The summed E-state index contributed by atoms with van der Waals surface area (Å²) in [5, 5.41) is 0. The van der Waals surface area contributed by atoms with Crippen LogP contribution in [0, 0.1) is 0 Å².